The summed E-state index contributed by atoms with van der Waals surface area (Å²) in [5, 5.41) is 7.34. The second-order valence-electron chi connectivity index (χ2n) is 6.73. The van der Waals surface area contributed by atoms with Gasteiger partial charge in [0.2, 0.25) is 0 Å². The molecule has 27 heavy (non-hydrogen) atoms. The number of hydrogen-bond donors (Lipinski definition) is 1. The highest BCUT2D eigenvalue weighted by Crippen LogP contribution is 2.36. The monoisotopic (exact) mass is 361 g/mol. The molecule has 0 fully saturated rings. The normalized spacial score (nSPS) is 13.5. The zero-order chi connectivity index (χ0) is 18.6. The summed E-state index contributed by atoms with van der Waals surface area (Å²) in [6.07, 6.45) is 0.690. The second kappa shape index (κ2) is 7.66. The Morgan fingerprint density at radius 3 is 2.33 bits per heavy atom. The highest BCUT2D eigenvalue weighted by molar-refractivity contribution is 5.74. The van der Waals surface area contributed by atoms with Gasteiger partial charge in [-0.3, -0.25) is 0 Å². The van der Waals surface area contributed by atoms with Crippen LogP contribution >= 0.6 is 0 Å². The Labute approximate surface area is 159 Å². The lowest BCUT2D eigenvalue weighted by Crippen LogP contribution is -2.42. The van der Waals surface area contributed by atoms with Crippen LogP contribution in [0.3, 0.4) is 0 Å². The van der Waals surface area contributed by atoms with Gasteiger partial charge < -0.3 is 14.7 Å². The van der Waals surface area contributed by atoms with E-state index < -0.39 is 0 Å². The Bertz CT molecular complexity index is 866. The fourth-order valence-corrected chi connectivity index (χ4v) is 3.69. The van der Waals surface area contributed by atoms with Crippen LogP contribution in [0.1, 0.15) is 41.0 Å². The zero-order valence-corrected chi connectivity index (χ0v) is 15.4. The summed E-state index contributed by atoms with van der Waals surface area (Å²) in [5.74, 6) is 0.872. The molecular weight excluding hydrogens is 338 g/mol. The van der Waals surface area contributed by atoms with Crippen LogP contribution in [-0.4, -0.2) is 29.2 Å². The second-order valence-corrected chi connectivity index (χ2v) is 6.73. The van der Waals surface area contributed by atoms with Crippen LogP contribution in [0.15, 0.2) is 65.2 Å². The predicted octanol–water partition coefficient (Wildman–Crippen LogP) is 3.94. The molecule has 4 rings (SSSR count). The number of hydrogen-bond acceptors (Lipinski definition) is 3. The quantitative estimate of drug-likeness (QED) is 0.766. The van der Waals surface area contributed by atoms with Crippen LogP contribution in [0.25, 0.3) is 0 Å². The van der Waals surface area contributed by atoms with Crippen LogP contribution < -0.4 is 5.32 Å². The third-order valence-corrected chi connectivity index (χ3v) is 5.01. The molecule has 0 saturated carbocycles. The first kappa shape index (κ1) is 17.3. The summed E-state index contributed by atoms with van der Waals surface area (Å²) in [7, 11) is 0. The Balaban J connectivity index is 1.75. The van der Waals surface area contributed by atoms with Crippen LogP contribution in [0.5, 0.6) is 0 Å². The first-order valence-corrected chi connectivity index (χ1v) is 9.38. The van der Waals surface area contributed by atoms with Crippen molar-refractivity contribution in [2.45, 2.75) is 25.8 Å². The zero-order valence-electron chi connectivity index (χ0n) is 15.4. The maximum absolute atomic E-state index is 12.3. The molecule has 0 unspecified atom stereocenters. The number of carbonyl (C=O) groups excluding carboxylic acids is 1. The summed E-state index contributed by atoms with van der Waals surface area (Å²) in [6.45, 7) is 3.72. The number of urea groups is 1. The van der Waals surface area contributed by atoms with E-state index >= 15 is 0 Å². The summed E-state index contributed by atoms with van der Waals surface area (Å²) < 4.78 is 5.69. The van der Waals surface area contributed by atoms with Crippen molar-refractivity contribution in [3.05, 3.63) is 88.8 Å². The average molecular weight is 361 g/mol. The van der Waals surface area contributed by atoms with Crippen molar-refractivity contribution >= 4 is 6.03 Å². The van der Waals surface area contributed by atoms with Gasteiger partial charge in [-0.15, -0.1) is 0 Å². The summed E-state index contributed by atoms with van der Waals surface area (Å²) in [5.41, 5.74) is 4.26. The minimum Gasteiger partial charge on any atom is -0.361 e. The van der Waals surface area contributed by atoms with Crippen molar-refractivity contribution in [2.24, 2.45) is 0 Å². The number of benzene rings is 2. The van der Waals surface area contributed by atoms with Gasteiger partial charge in [-0.2, -0.15) is 0 Å². The molecule has 0 aliphatic carbocycles. The topological polar surface area (TPSA) is 58.4 Å². The molecule has 2 aromatic carbocycles. The van der Waals surface area contributed by atoms with Gasteiger partial charge in [0.25, 0.3) is 0 Å². The Morgan fingerprint density at radius 2 is 1.74 bits per heavy atom. The minimum atomic E-state index is -0.0359. The highest BCUT2D eigenvalue weighted by atomic mass is 16.5. The fraction of sp³-hybridized carbons (Fsp3) is 0.273. The van der Waals surface area contributed by atoms with Crippen molar-refractivity contribution < 1.29 is 9.32 Å². The van der Waals surface area contributed by atoms with Crippen molar-refractivity contribution in [2.75, 3.05) is 13.1 Å². The van der Waals surface area contributed by atoms with E-state index in [0.29, 0.717) is 26.1 Å². The van der Waals surface area contributed by atoms with Crippen LogP contribution in [0.2, 0.25) is 0 Å². The summed E-state index contributed by atoms with van der Waals surface area (Å²) in [6, 6.07) is 20.6. The molecule has 1 N–H and O–H groups in total. The Morgan fingerprint density at radius 1 is 1.11 bits per heavy atom. The van der Waals surface area contributed by atoms with E-state index in [9.17, 15) is 4.79 Å². The first-order valence-electron chi connectivity index (χ1n) is 9.38. The van der Waals surface area contributed by atoms with Crippen molar-refractivity contribution in [3.63, 3.8) is 0 Å². The van der Waals surface area contributed by atoms with E-state index in [-0.39, 0.29) is 11.9 Å². The fourth-order valence-electron chi connectivity index (χ4n) is 3.69. The van der Waals surface area contributed by atoms with E-state index in [0.717, 1.165) is 28.1 Å². The van der Waals surface area contributed by atoms with E-state index in [4.69, 9.17) is 4.52 Å². The number of amides is 2. The average Bonchev–Trinajstić information content (AvgIpc) is 3.13. The predicted molar refractivity (Wildman–Crippen MR) is 104 cm³/mol. The highest BCUT2D eigenvalue weighted by Gasteiger charge is 2.31. The van der Waals surface area contributed by atoms with Crippen molar-refractivity contribution in [1.29, 1.82) is 0 Å². The molecule has 5 heteroatoms. The number of fused-ring (bicyclic) bond motifs is 1. The molecule has 0 spiro atoms. The smallest absolute Gasteiger partial charge is 0.317 e. The van der Waals surface area contributed by atoms with Crippen LogP contribution in [-0.2, 0) is 13.0 Å². The number of rotatable bonds is 4. The molecule has 3 aromatic rings. The van der Waals surface area contributed by atoms with Crippen molar-refractivity contribution in [3.8, 4) is 0 Å². The largest absolute Gasteiger partial charge is 0.361 e. The first-order chi connectivity index (χ1) is 13.3. The Kier molecular flexibility index (Phi) is 4.92. The standard InChI is InChI=1S/C22H23N3O2/c1-2-23-22(26)25-14-13-19-18(15-25)21(24-27-19)20(16-9-5-3-6-10-16)17-11-7-4-8-12-17/h3-12,20H,2,13-15H2,1H3,(H,23,26). The van der Waals surface area contributed by atoms with Gasteiger partial charge in [-0.25, -0.2) is 4.79 Å². The molecule has 1 aromatic heterocycles. The van der Waals surface area contributed by atoms with Gasteiger partial charge >= 0.3 is 6.03 Å². The molecule has 1 aliphatic heterocycles. The Hall–Kier alpha value is -3.08. The number of aromatic nitrogens is 1. The third-order valence-electron chi connectivity index (χ3n) is 5.01. The molecule has 0 radical (unpaired) electrons. The lowest BCUT2D eigenvalue weighted by molar-refractivity contribution is 0.189. The van der Waals surface area contributed by atoms with Gasteiger partial charge in [0.1, 0.15) is 11.5 Å². The van der Waals surface area contributed by atoms with Gasteiger partial charge in [-0.05, 0) is 18.1 Å². The van der Waals surface area contributed by atoms with Crippen LogP contribution in [0, 0.1) is 0 Å². The molecule has 0 saturated heterocycles. The molecule has 0 atom stereocenters. The molecular formula is C22H23N3O2. The summed E-state index contributed by atoms with van der Waals surface area (Å²) in [4.78, 5) is 14.1. The van der Waals surface area contributed by atoms with E-state index in [1.165, 1.54) is 0 Å². The maximum Gasteiger partial charge on any atom is 0.317 e. The molecule has 2 heterocycles. The summed E-state index contributed by atoms with van der Waals surface area (Å²) >= 11 is 0. The van der Waals surface area contributed by atoms with Crippen LogP contribution in [0.4, 0.5) is 4.79 Å². The molecule has 0 bridgehead atoms. The molecule has 138 valence electrons. The van der Waals surface area contributed by atoms with E-state index in [1.54, 1.807) is 0 Å². The van der Waals surface area contributed by atoms with Crippen molar-refractivity contribution in [1.82, 2.24) is 15.4 Å². The van der Waals surface area contributed by atoms with Gasteiger partial charge in [-0.1, -0.05) is 65.8 Å². The molecule has 5 nitrogen and oxygen atoms in total. The molecule has 2 amide bonds. The maximum atomic E-state index is 12.3. The van der Waals surface area contributed by atoms with Gasteiger partial charge in [0, 0.05) is 25.1 Å². The number of carbonyl (C=O) groups is 1. The molecule has 1 aliphatic rings. The third kappa shape index (κ3) is 3.45. The van der Waals surface area contributed by atoms with E-state index in [2.05, 4.69) is 34.7 Å². The van der Waals surface area contributed by atoms with Gasteiger partial charge in [0.05, 0.1) is 12.5 Å². The number of nitrogens with zero attached hydrogens (tertiary/aromatic N) is 2. The number of nitrogens with one attached hydrogen (secondary N) is 1. The lowest BCUT2D eigenvalue weighted by atomic mass is 9.85. The lowest BCUT2D eigenvalue weighted by Gasteiger charge is -2.27. The van der Waals surface area contributed by atoms with Gasteiger partial charge in [0.15, 0.2) is 0 Å². The van der Waals surface area contributed by atoms with E-state index in [1.807, 2.05) is 48.2 Å². The SMILES string of the molecule is CCNC(=O)N1CCc2onc(C(c3ccccc3)c3ccccc3)c2C1. The minimum absolute atomic E-state index is 0.0194.